The maximum atomic E-state index is 12.7. The Hall–Kier alpha value is -2.95. The van der Waals surface area contributed by atoms with E-state index in [4.69, 9.17) is 0 Å². The smallest absolute Gasteiger partial charge is 0.322 e. The predicted molar refractivity (Wildman–Crippen MR) is 102 cm³/mol. The van der Waals surface area contributed by atoms with E-state index in [1.807, 2.05) is 62.4 Å². The number of carbonyl (C=O) groups is 2. The third-order valence-corrected chi connectivity index (χ3v) is 4.73. The summed E-state index contributed by atoms with van der Waals surface area (Å²) >= 11 is 0. The van der Waals surface area contributed by atoms with Crippen LogP contribution in [0.15, 0.2) is 53.6 Å². The van der Waals surface area contributed by atoms with E-state index in [-0.39, 0.29) is 5.91 Å². The van der Waals surface area contributed by atoms with Crippen LogP contribution in [0.4, 0.5) is 4.79 Å². The van der Waals surface area contributed by atoms with Crippen molar-refractivity contribution >= 4 is 18.2 Å². The molecule has 2 aromatic rings. The van der Waals surface area contributed by atoms with Crippen LogP contribution in [0.25, 0.3) is 0 Å². The average molecular weight is 349 g/mol. The first-order valence-corrected chi connectivity index (χ1v) is 8.71. The molecule has 3 rings (SSSR count). The normalized spacial score (nSPS) is 20.0. The first kappa shape index (κ1) is 17.9. The van der Waals surface area contributed by atoms with Gasteiger partial charge in [0.2, 0.25) is 0 Å². The number of aryl methyl sites for hydroxylation is 3. The van der Waals surface area contributed by atoms with Crippen LogP contribution in [-0.4, -0.2) is 28.7 Å². The van der Waals surface area contributed by atoms with Crippen molar-refractivity contribution in [3.05, 3.63) is 70.8 Å². The number of rotatable bonds is 5. The molecule has 2 aromatic carbocycles. The molecule has 1 fully saturated rings. The average Bonchev–Trinajstić information content (AvgIpc) is 2.83. The van der Waals surface area contributed by atoms with Crippen molar-refractivity contribution in [3.63, 3.8) is 0 Å². The molecule has 134 valence electrons. The Kier molecular flexibility index (Phi) is 4.89. The number of benzene rings is 2. The molecular weight excluding hydrogens is 326 g/mol. The maximum Gasteiger partial charge on any atom is 0.346 e. The molecule has 0 aliphatic carbocycles. The van der Waals surface area contributed by atoms with Crippen LogP contribution < -0.4 is 5.32 Å². The van der Waals surface area contributed by atoms with E-state index in [1.54, 1.807) is 13.1 Å². The highest BCUT2D eigenvalue weighted by Gasteiger charge is 2.47. The number of urea groups is 1. The van der Waals surface area contributed by atoms with Crippen LogP contribution in [0, 0.1) is 13.8 Å². The summed E-state index contributed by atoms with van der Waals surface area (Å²) in [7, 11) is 0. The highest BCUT2D eigenvalue weighted by Crippen LogP contribution is 2.23. The summed E-state index contributed by atoms with van der Waals surface area (Å²) in [5.74, 6) is -0.320. The summed E-state index contributed by atoms with van der Waals surface area (Å²) in [6, 6.07) is 15.4. The second kappa shape index (κ2) is 7.12. The molecule has 0 unspecified atom stereocenters. The molecule has 26 heavy (non-hydrogen) atoms. The Bertz CT molecular complexity index is 861. The van der Waals surface area contributed by atoms with Crippen LogP contribution in [0.2, 0.25) is 0 Å². The molecule has 5 heteroatoms. The Labute approximate surface area is 153 Å². The van der Waals surface area contributed by atoms with Crippen molar-refractivity contribution in [2.24, 2.45) is 5.10 Å². The molecule has 0 aromatic heterocycles. The molecule has 1 aliphatic rings. The SMILES string of the molecule is Cc1ccc(/C=N\N2C(=O)N[C@](C)(CCc3ccccc3)C2=O)c(C)c1. The summed E-state index contributed by atoms with van der Waals surface area (Å²) < 4.78 is 0. The zero-order valence-corrected chi connectivity index (χ0v) is 15.3. The first-order valence-electron chi connectivity index (χ1n) is 8.71. The van der Waals surface area contributed by atoms with Crippen molar-refractivity contribution in [1.29, 1.82) is 0 Å². The van der Waals surface area contributed by atoms with Crippen molar-refractivity contribution in [2.75, 3.05) is 0 Å². The molecule has 1 N–H and O–H groups in total. The Morgan fingerprint density at radius 3 is 2.54 bits per heavy atom. The third kappa shape index (κ3) is 3.67. The van der Waals surface area contributed by atoms with E-state index >= 15 is 0 Å². The second-order valence-corrected chi connectivity index (χ2v) is 6.97. The van der Waals surface area contributed by atoms with Gasteiger partial charge in [-0.15, -0.1) is 5.01 Å². The quantitative estimate of drug-likeness (QED) is 0.662. The number of hydrogen-bond donors (Lipinski definition) is 1. The summed E-state index contributed by atoms with van der Waals surface area (Å²) in [6.07, 6.45) is 2.80. The van der Waals surface area contributed by atoms with Gasteiger partial charge in [-0.2, -0.15) is 5.10 Å². The van der Waals surface area contributed by atoms with Crippen LogP contribution in [0.3, 0.4) is 0 Å². The lowest BCUT2D eigenvalue weighted by atomic mass is 9.93. The molecule has 1 atom stereocenters. The molecular formula is C21H23N3O2. The lowest BCUT2D eigenvalue weighted by Crippen LogP contribution is -2.44. The van der Waals surface area contributed by atoms with E-state index in [0.29, 0.717) is 12.8 Å². The Morgan fingerprint density at radius 2 is 1.85 bits per heavy atom. The van der Waals surface area contributed by atoms with Gasteiger partial charge in [0, 0.05) is 0 Å². The van der Waals surface area contributed by atoms with E-state index in [9.17, 15) is 9.59 Å². The van der Waals surface area contributed by atoms with Gasteiger partial charge in [-0.05, 0) is 50.3 Å². The zero-order chi connectivity index (χ0) is 18.7. The minimum Gasteiger partial charge on any atom is -0.322 e. The number of amides is 3. The third-order valence-electron chi connectivity index (χ3n) is 4.73. The molecule has 0 bridgehead atoms. The fraction of sp³-hybridized carbons (Fsp3) is 0.286. The van der Waals surface area contributed by atoms with E-state index in [0.717, 1.165) is 27.3 Å². The summed E-state index contributed by atoms with van der Waals surface area (Å²) in [6.45, 7) is 5.75. The van der Waals surface area contributed by atoms with Crippen LogP contribution in [0.5, 0.6) is 0 Å². The lowest BCUT2D eigenvalue weighted by Gasteiger charge is -2.20. The van der Waals surface area contributed by atoms with Crippen molar-refractivity contribution in [2.45, 2.75) is 39.2 Å². The molecule has 1 aliphatic heterocycles. The first-order chi connectivity index (χ1) is 12.4. The number of nitrogens with zero attached hydrogens (tertiary/aromatic N) is 2. The molecule has 3 amide bonds. The fourth-order valence-electron chi connectivity index (χ4n) is 3.07. The van der Waals surface area contributed by atoms with E-state index in [1.165, 1.54) is 0 Å². The topological polar surface area (TPSA) is 61.8 Å². The van der Waals surface area contributed by atoms with Gasteiger partial charge in [-0.3, -0.25) is 4.79 Å². The Morgan fingerprint density at radius 1 is 1.12 bits per heavy atom. The molecule has 5 nitrogen and oxygen atoms in total. The molecule has 0 saturated carbocycles. The predicted octanol–water partition coefficient (Wildman–Crippen LogP) is 3.58. The number of hydrogen-bond acceptors (Lipinski definition) is 3. The van der Waals surface area contributed by atoms with Crippen molar-refractivity contribution < 1.29 is 9.59 Å². The van der Waals surface area contributed by atoms with Crippen LogP contribution in [0.1, 0.15) is 35.6 Å². The molecule has 1 saturated heterocycles. The standard InChI is InChI=1S/C21H23N3O2/c1-15-9-10-18(16(2)13-15)14-22-24-19(25)21(3,23-20(24)26)12-11-17-7-5-4-6-8-17/h4-10,13-14H,11-12H2,1-3H3,(H,23,26)/b22-14-/t21-/m1/s1. The number of imide groups is 1. The minimum absolute atomic E-state index is 0.320. The van der Waals surface area contributed by atoms with Crippen molar-refractivity contribution in [1.82, 2.24) is 10.3 Å². The van der Waals surface area contributed by atoms with Crippen LogP contribution in [-0.2, 0) is 11.2 Å². The van der Waals surface area contributed by atoms with Gasteiger partial charge in [0.1, 0.15) is 5.54 Å². The van der Waals surface area contributed by atoms with Gasteiger partial charge in [0.15, 0.2) is 0 Å². The fourth-order valence-corrected chi connectivity index (χ4v) is 3.07. The second-order valence-electron chi connectivity index (χ2n) is 6.97. The summed E-state index contributed by atoms with van der Waals surface area (Å²) in [5.41, 5.74) is 3.28. The van der Waals surface area contributed by atoms with E-state index < -0.39 is 11.6 Å². The van der Waals surface area contributed by atoms with Gasteiger partial charge in [0.05, 0.1) is 6.21 Å². The van der Waals surface area contributed by atoms with E-state index in [2.05, 4.69) is 10.4 Å². The summed E-state index contributed by atoms with van der Waals surface area (Å²) in [5, 5.41) is 7.86. The Balaban J connectivity index is 1.72. The largest absolute Gasteiger partial charge is 0.346 e. The number of carbonyl (C=O) groups excluding carboxylic acids is 2. The molecule has 0 radical (unpaired) electrons. The van der Waals surface area contributed by atoms with Gasteiger partial charge in [0.25, 0.3) is 5.91 Å². The van der Waals surface area contributed by atoms with Gasteiger partial charge in [-0.1, -0.05) is 54.1 Å². The van der Waals surface area contributed by atoms with Gasteiger partial charge in [-0.25, -0.2) is 4.79 Å². The van der Waals surface area contributed by atoms with Crippen molar-refractivity contribution in [3.8, 4) is 0 Å². The zero-order valence-electron chi connectivity index (χ0n) is 15.3. The lowest BCUT2D eigenvalue weighted by molar-refractivity contribution is -0.130. The summed E-state index contributed by atoms with van der Waals surface area (Å²) in [4.78, 5) is 25.0. The monoisotopic (exact) mass is 349 g/mol. The molecule has 1 heterocycles. The maximum absolute atomic E-state index is 12.7. The number of hydrazone groups is 1. The van der Waals surface area contributed by atoms with Crippen LogP contribution >= 0.6 is 0 Å². The van der Waals surface area contributed by atoms with Gasteiger partial charge >= 0.3 is 6.03 Å². The van der Waals surface area contributed by atoms with Gasteiger partial charge < -0.3 is 5.32 Å². The highest BCUT2D eigenvalue weighted by atomic mass is 16.2. The molecule has 0 spiro atoms. The minimum atomic E-state index is -0.938. The highest BCUT2D eigenvalue weighted by molar-refractivity contribution is 6.07. The number of nitrogens with one attached hydrogen (secondary N) is 1.